The predicted octanol–water partition coefficient (Wildman–Crippen LogP) is 4.05. The van der Waals surface area contributed by atoms with Crippen LogP contribution in [-0.4, -0.2) is 18.6 Å². The average Bonchev–Trinajstić information content (AvgIpc) is 2.30. The molecule has 0 fully saturated rings. The van der Waals surface area contributed by atoms with E-state index in [-0.39, 0.29) is 29.4 Å². The van der Waals surface area contributed by atoms with Gasteiger partial charge in [-0.05, 0) is 40.9 Å². The SMILES string of the molecule is O=C(NCCCCC(F)(F)F)c1cccc(Br)c1F. The second-order valence-corrected chi connectivity index (χ2v) is 4.78. The van der Waals surface area contributed by atoms with Gasteiger partial charge in [0.2, 0.25) is 0 Å². The van der Waals surface area contributed by atoms with E-state index < -0.39 is 24.3 Å². The normalized spacial score (nSPS) is 11.4. The fraction of sp³-hybridized carbons (Fsp3) is 0.417. The highest BCUT2D eigenvalue weighted by atomic mass is 79.9. The van der Waals surface area contributed by atoms with Gasteiger partial charge in [-0.15, -0.1) is 0 Å². The quantitative estimate of drug-likeness (QED) is 0.635. The third kappa shape index (κ3) is 5.59. The molecule has 0 unspecified atom stereocenters. The zero-order valence-electron chi connectivity index (χ0n) is 9.86. The third-order valence-electron chi connectivity index (χ3n) is 2.37. The highest BCUT2D eigenvalue weighted by molar-refractivity contribution is 9.10. The lowest BCUT2D eigenvalue weighted by Crippen LogP contribution is -2.25. The number of carbonyl (C=O) groups excluding carboxylic acids is 1. The standard InChI is InChI=1S/C12H12BrF4NO/c13-9-5-3-4-8(10(9)14)11(19)18-7-2-1-6-12(15,16)17/h3-5H,1-2,6-7H2,(H,18,19). The Balaban J connectivity index is 2.38. The van der Waals surface area contributed by atoms with Crippen LogP contribution in [0.25, 0.3) is 0 Å². The fourth-order valence-corrected chi connectivity index (χ4v) is 1.79. The molecule has 0 spiro atoms. The Labute approximate surface area is 116 Å². The van der Waals surface area contributed by atoms with Crippen molar-refractivity contribution in [2.75, 3.05) is 6.54 Å². The van der Waals surface area contributed by atoms with E-state index in [2.05, 4.69) is 21.2 Å². The number of alkyl halides is 3. The van der Waals surface area contributed by atoms with Crippen LogP contribution in [0, 0.1) is 5.82 Å². The molecule has 0 radical (unpaired) electrons. The molecule has 106 valence electrons. The highest BCUT2D eigenvalue weighted by Crippen LogP contribution is 2.22. The van der Waals surface area contributed by atoms with Crippen molar-refractivity contribution in [1.29, 1.82) is 0 Å². The Morgan fingerprint density at radius 1 is 1.26 bits per heavy atom. The van der Waals surface area contributed by atoms with Crippen molar-refractivity contribution in [3.8, 4) is 0 Å². The Morgan fingerprint density at radius 2 is 1.95 bits per heavy atom. The summed E-state index contributed by atoms with van der Waals surface area (Å²) in [5.74, 6) is -1.32. The maximum atomic E-state index is 13.5. The summed E-state index contributed by atoms with van der Waals surface area (Å²) in [6.07, 6.45) is -4.93. The number of benzene rings is 1. The Bertz CT molecular complexity index is 448. The minimum absolute atomic E-state index is 0.0647. The van der Waals surface area contributed by atoms with Gasteiger partial charge in [0.05, 0.1) is 10.0 Å². The zero-order chi connectivity index (χ0) is 14.5. The van der Waals surface area contributed by atoms with Crippen LogP contribution >= 0.6 is 15.9 Å². The highest BCUT2D eigenvalue weighted by Gasteiger charge is 2.25. The van der Waals surface area contributed by atoms with Gasteiger partial charge in [-0.1, -0.05) is 6.07 Å². The first-order chi connectivity index (χ1) is 8.81. The summed E-state index contributed by atoms with van der Waals surface area (Å²) < 4.78 is 49.3. The molecular weight excluding hydrogens is 330 g/mol. The maximum Gasteiger partial charge on any atom is 0.389 e. The number of rotatable bonds is 5. The minimum atomic E-state index is -4.18. The molecule has 0 bridgehead atoms. The molecule has 1 amide bonds. The number of hydrogen-bond donors (Lipinski definition) is 1. The van der Waals surface area contributed by atoms with Gasteiger partial charge in [-0.2, -0.15) is 13.2 Å². The van der Waals surface area contributed by atoms with Gasteiger partial charge in [-0.3, -0.25) is 4.79 Å². The van der Waals surface area contributed by atoms with E-state index in [0.717, 1.165) is 0 Å². The molecular formula is C12H12BrF4NO. The molecule has 0 atom stereocenters. The van der Waals surface area contributed by atoms with E-state index in [1.165, 1.54) is 18.2 Å². The Kier molecular flexibility index (Phi) is 5.78. The van der Waals surface area contributed by atoms with E-state index in [1.807, 2.05) is 0 Å². The van der Waals surface area contributed by atoms with Crippen molar-refractivity contribution in [3.63, 3.8) is 0 Å². The van der Waals surface area contributed by atoms with Gasteiger partial charge < -0.3 is 5.32 Å². The van der Waals surface area contributed by atoms with Crippen LogP contribution in [0.1, 0.15) is 29.6 Å². The van der Waals surface area contributed by atoms with Gasteiger partial charge in [0.1, 0.15) is 5.82 Å². The molecule has 19 heavy (non-hydrogen) atoms. The smallest absolute Gasteiger partial charge is 0.352 e. The molecule has 1 N–H and O–H groups in total. The molecule has 0 aliphatic heterocycles. The van der Waals surface area contributed by atoms with Crippen molar-refractivity contribution in [2.24, 2.45) is 0 Å². The number of hydrogen-bond acceptors (Lipinski definition) is 1. The summed E-state index contributed by atoms with van der Waals surface area (Å²) >= 11 is 2.95. The van der Waals surface area contributed by atoms with E-state index in [4.69, 9.17) is 0 Å². The molecule has 0 aromatic heterocycles. The van der Waals surface area contributed by atoms with Gasteiger partial charge in [-0.25, -0.2) is 4.39 Å². The lowest BCUT2D eigenvalue weighted by Gasteiger charge is -2.08. The number of halogens is 5. The summed E-state index contributed by atoms with van der Waals surface area (Å²) in [6.45, 7) is 0.0842. The summed E-state index contributed by atoms with van der Waals surface area (Å²) in [6, 6.07) is 4.27. The van der Waals surface area contributed by atoms with Crippen LogP contribution in [0.5, 0.6) is 0 Å². The summed E-state index contributed by atoms with van der Waals surface area (Å²) in [5.41, 5.74) is -0.134. The first kappa shape index (κ1) is 15.9. The third-order valence-corrected chi connectivity index (χ3v) is 2.98. The van der Waals surface area contributed by atoms with Crippen LogP contribution in [0.3, 0.4) is 0 Å². The predicted molar refractivity (Wildman–Crippen MR) is 66.3 cm³/mol. The van der Waals surface area contributed by atoms with Crippen molar-refractivity contribution >= 4 is 21.8 Å². The summed E-state index contributed by atoms with van der Waals surface area (Å²) in [5, 5.41) is 2.39. The summed E-state index contributed by atoms with van der Waals surface area (Å²) in [7, 11) is 0. The van der Waals surface area contributed by atoms with E-state index in [9.17, 15) is 22.4 Å². The molecule has 1 rings (SSSR count). The number of amides is 1. The molecule has 1 aromatic carbocycles. The first-order valence-electron chi connectivity index (χ1n) is 5.60. The van der Waals surface area contributed by atoms with Gasteiger partial charge in [0, 0.05) is 13.0 Å². The van der Waals surface area contributed by atoms with Gasteiger partial charge in [0.15, 0.2) is 0 Å². The lowest BCUT2D eigenvalue weighted by atomic mass is 10.2. The van der Waals surface area contributed by atoms with E-state index in [0.29, 0.717) is 0 Å². The van der Waals surface area contributed by atoms with Gasteiger partial charge in [0.25, 0.3) is 5.91 Å². The number of unbranched alkanes of at least 4 members (excludes halogenated alkanes) is 1. The molecule has 0 saturated heterocycles. The number of carbonyl (C=O) groups is 1. The average molecular weight is 342 g/mol. The molecule has 1 aromatic rings. The van der Waals surface area contributed by atoms with Crippen molar-refractivity contribution in [2.45, 2.75) is 25.4 Å². The maximum absolute atomic E-state index is 13.5. The fourth-order valence-electron chi connectivity index (χ4n) is 1.43. The minimum Gasteiger partial charge on any atom is -0.352 e. The Hall–Kier alpha value is -1.11. The molecule has 0 saturated carbocycles. The van der Waals surface area contributed by atoms with Crippen LogP contribution in [0.2, 0.25) is 0 Å². The second-order valence-electron chi connectivity index (χ2n) is 3.93. The van der Waals surface area contributed by atoms with E-state index >= 15 is 0 Å². The Morgan fingerprint density at radius 3 is 2.58 bits per heavy atom. The van der Waals surface area contributed by atoms with Crippen molar-refractivity contribution < 1.29 is 22.4 Å². The topological polar surface area (TPSA) is 29.1 Å². The van der Waals surface area contributed by atoms with Crippen LogP contribution in [0.15, 0.2) is 22.7 Å². The van der Waals surface area contributed by atoms with Crippen molar-refractivity contribution in [1.82, 2.24) is 5.32 Å². The molecule has 2 nitrogen and oxygen atoms in total. The summed E-state index contributed by atoms with van der Waals surface area (Å²) in [4.78, 5) is 11.6. The van der Waals surface area contributed by atoms with Crippen molar-refractivity contribution in [3.05, 3.63) is 34.1 Å². The first-order valence-corrected chi connectivity index (χ1v) is 6.39. The molecule has 0 aliphatic carbocycles. The van der Waals surface area contributed by atoms with Crippen LogP contribution in [0.4, 0.5) is 17.6 Å². The molecule has 0 heterocycles. The zero-order valence-corrected chi connectivity index (χ0v) is 11.4. The second kappa shape index (κ2) is 6.88. The van der Waals surface area contributed by atoms with E-state index in [1.54, 1.807) is 0 Å². The lowest BCUT2D eigenvalue weighted by molar-refractivity contribution is -0.135. The monoisotopic (exact) mass is 341 g/mol. The van der Waals surface area contributed by atoms with Crippen LogP contribution in [-0.2, 0) is 0 Å². The molecule has 0 aliphatic rings. The molecule has 7 heteroatoms. The van der Waals surface area contributed by atoms with Gasteiger partial charge >= 0.3 is 6.18 Å². The van der Waals surface area contributed by atoms with Crippen LogP contribution < -0.4 is 5.32 Å². The largest absolute Gasteiger partial charge is 0.389 e. The number of nitrogens with one attached hydrogen (secondary N) is 1.